The minimum absolute atomic E-state index is 0.0673. The van der Waals surface area contributed by atoms with Crippen molar-refractivity contribution >= 4 is 27.4 Å². The minimum atomic E-state index is -3.75. The molecule has 1 unspecified atom stereocenters. The van der Waals surface area contributed by atoms with Gasteiger partial charge in [0, 0.05) is 56.9 Å². The van der Waals surface area contributed by atoms with E-state index in [9.17, 15) is 9.59 Å². The van der Waals surface area contributed by atoms with Crippen LogP contribution in [-0.2, 0) is 38.3 Å². The normalized spacial score (nSPS) is 29.3. The molecule has 1 spiro atoms. The maximum atomic E-state index is 15.0. The Hall–Kier alpha value is -4.24. The highest BCUT2D eigenvalue weighted by molar-refractivity contribution is 7.92. The highest BCUT2D eigenvalue weighted by atomic mass is 32.2. The summed E-state index contributed by atoms with van der Waals surface area (Å²) in [6.07, 6.45) is 10.1. The van der Waals surface area contributed by atoms with Crippen molar-refractivity contribution in [3.63, 3.8) is 0 Å². The molecule has 14 heteroatoms. The van der Waals surface area contributed by atoms with Gasteiger partial charge in [-0.3, -0.25) is 19.0 Å². The summed E-state index contributed by atoms with van der Waals surface area (Å²) in [6.45, 7) is 7.14. The van der Waals surface area contributed by atoms with Crippen molar-refractivity contribution in [1.82, 2.24) is 19.4 Å². The molecule has 0 saturated heterocycles. The van der Waals surface area contributed by atoms with Gasteiger partial charge in [0.05, 0.1) is 44.0 Å². The molecule has 308 valence electrons. The Morgan fingerprint density at radius 3 is 2.67 bits per heavy atom. The molecule has 2 amide bonds. The number of fused-ring (bicyclic) bond motifs is 4. The van der Waals surface area contributed by atoms with Crippen LogP contribution in [0.25, 0.3) is 0 Å². The molecule has 2 aliphatic heterocycles. The molecule has 2 bridgehead atoms. The van der Waals surface area contributed by atoms with Crippen LogP contribution in [-0.4, -0.2) is 110 Å². The molecule has 4 aliphatic rings. The van der Waals surface area contributed by atoms with Crippen LogP contribution >= 0.6 is 0 Å². The van der Waals surface area contributed by atoms with Gasteiger partial charge in [0.25, 0.3) is 11.8 Å². The number of rotatable bonds is 8. The van der Waals surface area contributed by atoms with E-state index < -0.39 is 33.8 Å². The van der Waals surface area contributed by atoms with Crippen molar-refractivity contribution in [3.8, 4) is 11.6 Å². The number of methoxy groups -OCH3 is 2. The van der Waals surface area contributed by atoms with Crippen molar-refractivity contribution in [2.24, 2.45) is 29.2 Å². The second-order valence-electron chi connectivity index (χ2n) is 16.7. The molecule has 57 heavy (non-hydrogen) atoms. The van der Waals surface area contributed by atoms with Crippen LogP contribution in [0.4, 0.5) is 5.69 Å². The van der Waals surface area contributed by atoms with E-state index >= 15 is 4.21 Å². The van der Waals surface area contributed by atoms with Gasteiger partial charge in [0.1, 0.15) is 21.2 Å². The number of carbonyl (C=O) groups is 2. The van der Waals surface area contributed by atoms with E-state index in [2.05, 4.69) is 50.3 Å². The number of benzene rings is 2. The Labute approximate surface area is 337 Å². The third kappa shape index (κ3) is 8.79. The summed E-state index contributed by atoms with van der Waals surface area (Å²) in [5.74, 6) is -0.627. The predicted octanol–water partition coefficient (Wildman–Crippen LogP) is 5.36. The van der Waals surface area contributed by atoms with Gasteiger partial charge in [0.2, 0.25) is 5.88 Å². The standard InChI is InChI=1S/C43H58N6O7S/c1-28-10-14-35-30(21-28)9-8-18-43(35)26-49-23-32-11-13-33(32)38(53-6)17-16-37(55-20-19-47(3)4)29(2)25-57(52,46-41(51)34-24-48(5)44-42(34)54-7)45-40(50)31-12-15-39(56-27-43)36(49)22-31/h10,12,14-17,21-22,24,29,32-33,37-38H,8-9,11,13,18-20,23,25-27H2,1-7H3,(H,45,46,50,51,52)/b17-16+/t29-,32+,33-,37+,38+,43+,57?/m1/s1. The van der Waals surface area contributed by atoms with Crippen molar-refractivity contribution in [2.75, 3.05) is 71.8 Å². The summed E-state index contributed by atoms with van der Waals surface area (Å²) in [5.41, 5.74) is 4.88. The fraction of sp³-hybridized carbons (Fsp3) is 0.558. The number of amides is 2. The number of likely N-dealkylation sites (N-methyl/N-ethyl adjacent to an activating group) is 1. The van der Waals surface area contributed by atoms with E-state index in [0.717, 1.165) is 50.9 Å². The summed E-state index contributed by atoms with van der Waals surface area (Å²) in [7, 11) is 5.02. The maximum absolute atomic E-state index is 15.0. The van der Waals surface area contributed by atoms with Crippen LogP contribution in [0.2, 0.25) is 0 Å². The average molecular weight is 803 g/mol. The van der Waals surface area contributed by atoms with E-state index in [4.69, 9.17) is 18.9 Å². The molecule has 1 fully saturated rings. The van der Waals surface area contributed by atoms with Crippen molar-refractivity contribution in [1.29, 1.82) is 0 Å². The molecule has 1 saturated carbocycles. The fourth-order valence-electron chi connectivity index (χ4n) is 9.05. The van der Waals surface area contributed by atoms with Gasteiger partial charge in [-0.15, -0.1) is 9.46 Å². The zero-order valence-electron chi connectivity index (χ0n) is 34.4. The van der Waals surface area contributed by atoms with Gasteiger partial charge in [-0.05, 0) is 94.3 Å². The molecule has 3 aromatic rings. The molecular formula is C43H58N6O7S. The first-order valence-electron chi connectivity index (χ1n) is 20.1. The van der Waals surface area contributed by atoms with E-state index in [1.54, 1.807) is 20.2 Å². The van der Waals surface area contributed by atoms with Gasteiger partial charge in [0.15, 0.2) is 0 Å². The number of aryl methyl sites for hydroxylation is 3. The maximum Gasteiger partial charge on any atom is 0.286 e. The van der Waals surface area contributed by atoms with E-state index in [-0.39, 0.29) is 40.2 Å². The van der Waals surface area contributed by atoms with Crippen molar-refractivity contribution < 1.29 is 32.7 Å². The highest BCUT2D eigenvalue weighted by Gasteiger charge is 2.44. The number of hydrogen-bond donors (Lipinski definition) is 1. The van der Waals surface area contributed by atoms with E-state index in [0.29, 0.717) is 31.4 Å². The van der Waals surface area contributed by atoms with Crippen LogP contribution in [0.1, 0.15) is 70.0 Å². The van der Waals surface area contributed by atoms with E-state index in [1.165, 1.54) is 34.7 Å². The molecule has 7 rings (SSSR count). The Bertz CT molecular complexity index is 2130. The number of anilines is 1. The lowest BCUT2D eigenvalue weighted by Crippen LogP contribution is -2.49. The number of aromatic nitrogens is 2. The largest absolute Gasteiger partial charge is 0.490 e. The lowest BCUT2D eigenvalue weighted by Gasteiger charge is -2.46. The Kier molecular flexibility index (Phi) is 12.2. The van der Waals surface area contributed by atoms with Gasteiger partial charge in [-0.1, -0.05) is 42.8 Å². The molecule has 3 heterocycles. The zero-order valence-corrected chi connectivity index (χ0v) is 35.2. The monoisotopic (exact) mass is 802 g/mol. The van der Waals surface area contributed by atoms with Gasteiger partial charge >= 0.3 is 0 Å². The molecule has 2 aromatic carbocycles. The molecule has 7 atom stereocenters. The van der Waals surface area contributed by atoms with Gasteiger partial charge in [-0.25, -0.2) is 4.21 Å². The Morgan fingerprint density at radius 1 is 1.12 bits per heavy atom. The summed E-state index contributed by atoms with van der Waals surface area (Å²) >= 11 is 0. The van der Waals surface area contributed by atoms with Crippen LogP contribution in [0.3, 0.4) is 0 Å². The van der Waals surface area contributed by atoms with Crippen LogP contribution in [0.15, 0.2) is 59.1 Å². The van der Waals surface area contributed by atoms with Gasteiger partial charge < -0.3 is 28.7 Å². The Morgan fingerprint density at radius 2 is 1.93 bits per heavy atom. The smallest absolute Gasteiger partial charge is 0.286 e. The minimum Gasteiger partial charge on any atom is -0.490 e. The summed E-state index contributed by atoms with van der Waals surface area (Å²) < 4.78 is 48.1. The second-order valence-corrected chi connectivity index (χ2v) is 18.7. The summed E-state index contributed by atoms with van der Waals surface area (Å²) in [5, 5.41) is 4.19. The zero-order chi connectivity index (χ0) is 40.5. The van der Waals surface area contributed by atoms with Crippen molar-refractivity contribution in [3.05, 3.63) is 82.6 Å². The highest BCUT2D eigenvalue weighted by Crippen LogP contribution is 2.47. The fourth-order valence-corrected chi connectivity index (χ4v) is 10.9. The second kappa shape index (κ2) is 16.9. The van der Waals surface area contributed by atoms with Crippen LogP contribution < -0.4 is 19.1 Å². The average Bonchev–Trinajstić information content (AvgIpc) is 3.48. The number of carbonyl (C=O) groups excluding carboxylic acids is 2. The first kappa shape index (κ1) is 40.9. The summed E-state index contributed by atoms with van der Waals surface area (Å²) in [4.78, 5) is 32.5. The molecule has 1 aromatic heterocycles. The molecule has 1 N–H and O–H groups in total. The number of nitrogens with zero attached hydrogens (tertiary/aromatic N) is 5. The first-order valence-corrected chi connectivity index (χ1v) is 21.8. The Balaban J connectivity index is 1.32. The first-order chi connectivity index (χ1) is 27.3. The summed E-state index contributed by atoms with van der Waals surface area (Å²) in [6, 6.07) is 12.2. The third-order valence-electron chi connectivity index (χ3n) is 12.2. The quantitative estimate of drug-likeness (QED) is 0.297. The number of nitrogens with one attached hydrogen (secondary N) is 1. The molecule has 2 aliphatic carbocycles. The third-order valence-corrected chi connectivity index (χ3v) is 14.1. The molecule has 13 nitrogen and oxygen atoms in total. The lowest BCUT2D eigenvalue weighted by atomic mass is 9.68. The van der Waals surface area contributed by atoms with E-state index in [1.807, 2.05) is 44.1 Å². The number of ether oxygens (including phenoxy) is 4. The predicted molar refractivity (Wildman–Crippen MR) is 221 cm³/mol. The molecular weight excluding hydrogens is 745 g/mol. The van der Waals surface area contributed by atoms with Crippen molar-refractivity contribution in [2.45, 2.75) is 63.6 Å². The van der Waals surface area contributed by atoms with Crippen LogP contribution in [0.5, 0.6) is 11.6 Å². The molecule has 0 radical (unpaired) electrons. The van der Waals surface area contributed by atoms with Gasteiger partial charge in [-0.2, -0.15) is 0 Å². The topological polar surface area (TPSA) is 137 Å². The lowest BCUT2D eigenvalue weighted by molar-refractivity contribution is 0.0104. The van der Waals surface area contributed by atoms with Crippen LogP contribution in [0, 0.1) is 24.7 Å². The SMILES string of the molecule is COc1nn(C)cc1C(=O)NS1(=O)=NC(=O)c2ccc3c(c2)N(C[C@@H]2CC[C@H]2[C@@H](OC)/C=C/[C@H](OCCN(C)C)[C@H](C)C1)C[C@@]1(CCCc2cc(C)ccc21)CO3. The number of hydrogen-bond acceptors (Lipinski definition) is 10.